The fourth-order valence-electron chi connectivity index (χ4n) is 7.60. The van der Waals surface area contributed by atoms with Crippen LogP contribution in [0.5, 0.6) is 0 Å². The predicted molar refractivity (Wildman–Crippen MR) is 215 cm³/mol. The van der Waals surface area contributed by atoms with Gasteiger partial charge in [-0.25, -0.2) is 0 Å². The minimum atomic E-state index is 0. The zero-order valence-corrected chi connectivity index (χ0v) is 35.1. The number of carbonyl (C=O) groups is 1. The van der Waals surface area contributed by atoms with Crippen molar-refractivity contribution in [1.29, 1.82) is 0 Å². The van der Waals surface area contributed by atoms with Crippen LogP contribution in [-0.2, 0) is 24.9 Å². The Morgan fingerprint density at radius 2 is 1.45 bits per heavy atom. The fourth-order valence-corrected chi connectivity index (χ4v) is 7.60. The molecule has 0 amide bonds. The second-order valence-corrected chi connectivity index (χ2v) is 14.6. The van der Waals surface area contributed by atoms with Crippen molar-refractivity contribution in [1.82, 2.24) is 4.98 Å². The van der Waals surface area contributed by atoms with Crippen molar-refractivity contribution in [2.75, 3.05) is 11.9 Å². The Bertz CT molecular complexity index is 1760. The molecular formula is C45H58BIrN2O2-. The van der Waals surface area contributed by atoms with Crippen molar-refractivity contribution in [2.24, 2.45) is 11.8 Å². The molecule has 0 saturated carbocycles. The van der Waals surface area contributed by atoms with Crippen LogP contribution >= 0.6 is 0 Å². The number of aryl methyl sites for hydroxylation is 2. The van der Waals surface area contributed by atoms with Gasteiger partial charge in [-0.15, -0.1) is 34.9 Å². The van der Waals surface area contributed by atoms with Gasteiger partial charge in [-0.3, -0.25) is 4.79 Å². The molecule has 2 heterocycles. The largest absolute Gasteiger partial charge is 0.512 e. The van der Waals surface area contributed by atoms with Gasteiger partial charge in [0, 0.05) is 49.9 Å². The SMILES string of the molecule is CCC(CC)C(=O)/C=C(\O)C(CC)CC.Cc1[c-]c(-c2nccc3c2-c2ccccc2B(c2c(C(C)C)cccc2C(C)C)N3C)cc(C)c1.[Ir]. The van der Waals surface area contributed by atoms with Crippen LogP contribution in [-0.4, -0.2) is 29.8 Å². The van der Waals surface area contributed by atoms with Gasteiger partial charge in [-0.1, -0.05) is 112 Å². The number of benzene rings is 3. The van der Waals surface area contributed by atoms with Gasteiger partial charge in [0.25, 0.3) is 0 Å². The molecule has 4 nitrogen and oxygen atoms in total. The summed E-state index contributed by atoms with van der Waals surface area (Å²) in [6.45, 7) is 21.7. The van der Waals surface area contributed by atoms with Gasteiger partial charge in [0.15, 0.2) is 5.78 Å². The van der Waals surface area contributed by atoms with E-state index in [0.29, 0.717) is 11.8 Å². The number of aromatic nitrogens is 1. The monoisotopic (exact) mass is 862 g/mol. The average molecular weight is 862 g/mol. The first kappa shape index (κ1) is 42.0. The Morgan fingerprint density at radius 3 is 2.00 bits per heavy atom. The molecule has 1 aliphatic heterocycles. The number of hydrogen-bond donors (Lipinski definition) is 1. The van der Waals surface area contributed by atoms with Crippen LogP contribution in [0.3, 0.4) is 0 Å². The Balaban J connectivity index is 0.000000374. The first-order valence-corrected chi connectivity index (χ1v) is 18.8. The van der Waals surface area contributed by atoms with Gasteiger partial charge in [-0.05, 0) is 89.5 Å². The molecule has 1 aliphatic rings. The Hall–Kier alpha value is -3.47. The Morgan fingerprint density at radius 1 is 0.863 bits per heavy atom. The first-order chi connectivity index (χ1) is 23.9. The summed E-state index contributed by atoms with van der Waals surface area (Å²) in [5.41, 5.74) is 13.8. The van der Waals surface area contributed by atoms with E-state index >= 15 is 0 Å². The smallest absolute Gasteiger partial charge is 0.324 e. The molecule has 4 aromatic rings. The molecule has 0 bridgehead atoms. The minimum absolute atomic E-state index is 0. The molecule has 6 heteroatoms. The predicted octanol–water partition coefficient (Wildman–Crippen LogP) is 10.5. The molecule has 273 valence electrons. The van der Waals surface area contributed by atoms with Crippen molar-refractivity contribution < 1.29 is 30.0 Å². The number of pyridine rings is 1. The van der Waals surface area contributed by atoms with Gasteiger partial charge >= 0.3 is 6.85 Å². The molecular weight excluding hydrogens is 804 g/mol. The number of allylic oxidation sites excluding steroid dienone is 2. The zero-order chi connectivity index (χ0) is 36.7. The number of aliphatic hydroxyl groups is 1. The van der Waals surface area contributed by atoms with E-state index in [1.165, 1.54) is 50.5 Å². The number of hydrogen-bond acceptors (Lipinski definition) is 4. The van der Waals surface area contributed by atoms with Crippen LogP contribution in [0, 0.1) is 31.7 Å². The van der Waals surface area contributed by atoms with Crippen LogP contribution in [0.25, 0.3) is 22.4 Å². The first-order valence-electron chi connectivity index (χ1n) is 18.8. The summed E-state index contributed by atoms with van der Waals surface area (Å²) in [6, 6.07) is 25.9. The second-order valence-electron chi connectivity index (χ2n) is 14.6. The van der Waals surface area contributed by atoms with Crippen molar-refractivity contribution in [2.45, 2.75) is 107 Å². The van der Waals surface area contributed by atoms with E-state index in [1.54, 1.807) is 0 Å². The van der Waals surface area contributed by atoms with Crippen molar-refractivity contribution in [3.63, 3.8) is 0 Å². The van der Waals surface area contributed by atoms with Crippen molar-refractivity contribution >= 4 is 29.2 Å². The summed E-state index contributed by atoms with van der Waals surface area (Å²) >= 11 is 0. The molecule has 5 rings (SSSR count). The number of rotatable bonds is 11. The van der Waals surface area contributed by atoms with Crippen LogP contribution in [0.4, 0.5) is 5.69 Å². The van der Waals surface area contributed by atoms with Crippen molar-refractivity contribution in [3.05, 3.63) is 107 Å². The summed E-state index contributed by atoms with van der Waals surface area (Å²) in [7, 11) is 2.25. The summed E-state index contributed by atoms with van der Waals surface area (Å²) < 4.78 is 0. The summed E-state index contributed by atoms with van der Waals surface area (Å²) in [5, 5.41) is 9.76. The topological polar surface area (TPSA) is 53.4 Å². The van der Waals surface area contributed by atoms with Gasteiger partial charge < -0.3 is 14.9 Å². The molecule has 1 radical (unpaired) electrons. The van der Waals surface area contributed by atoms with Gasteiger partial charge in [0.1, 0.15) is 0 Å². The number of nitrogens with zero attached hydrogens (tertiary/aromatic N) is 2. The Kier molecular flexibility index (Phi) is 15.5. The molecule has 0 aliphatic carbocycles. The molecule has 0 spiro atoms. The molecule has 0 fully saturated rings. The molecule has 0 atom stereocenters. The third-order valence-electron chi connectivity index (χ3n) is 10.4. The molecule has 1 aromatic heterocycles. The third-order valence-corrected chi connectivity index (χ3v) is 10.4. The Labute approximate surface area is 322 Å². The van der Waals surface area contributed by atoms with Gasteiger partial charge in [0.2, 0.25) is 0 Å². The molecule has 0 saturated heterocycles. The zero-order valence-electron chi connectivity index (χ0n) is 32.7. The maximum atomic E-state index is 11.7. The second kappa shape index (κ2) is 18.9. The van der Waals surface area contributed by atoms with E-state index in [2.05, 4.69) is 120 Å². The third kappa shape index (κ3) is 9.32. The fraction of sp³-hybridized carbons (Fsp3) is 0.422. The van der Waals surface area contributed by atoms with E-state index in [0.717, 1.165) is 42.5 Å². The summed E-state index contributed by atoms with van der Waals surface area (Å²) in [6.07, 6.45) is 6.86. The van der Waals surface area contributed by atoms with E-state index in [4.69, 9.17) is 4.98 Å². The number of ketones is 1. The summed E-state index contributed by atoms with van der Waals surface area (Å²) in [5.74, 6) is 1.44. The van der Waals surface area contributed by atoms with E-state index < -0.39 is 0 Å². The molecule has 0 unspecified atom stereocenters. The number of anilines is 1. The maximum absolute atomic E-state index is 11.7. The maximum Gasteiger partial charge on any atom is 0.324 e. The summed E-state index contributed by atoms with van der Waals surface area (Å²) in [4.78, 5) is 19.1. The van der Waals surface area contributed by atoms with E-state index in [1.807, 2.05) is 33.9 Å². The minimum Gasteiger partial charge on any atom is -0.512 e. The van der Waals surface area contributed by atoms with Crippen LogP contribution in [0.2, 0.25) is 0 Å². The van der Waals surface area contributed by atoms with E-state index in [9.17, 15) is 9.90 Å². The molecule has 51 heavy (non-hydrogen) atoms. The van der Waals surface area contributed by atoms with Gasteiger partial charge in [-0.2, -0.15) is 0 Å². The quantitative estimate of drug-likeness (QED) is 0.0707. The normalized spacial score (nSPS) is 12.5. The molecule has 3 aromatic carbocycles. The number of fused-ring (bicyclic) bond motifs is 3. The van der Waals surface area contributed by atoms with E-state index in [-0.39, 0.29) is 50.3 Å². The average Bonchev–Trinajstić information content (AvgIpc) is 3.09. The number of carbonyl (C=O) groups excluding carboxylic acids is 1. The van der Waals surface area contributed by atoms with Crippen LogP contribution in [0.1, 0.15) is 115 Å². The van der Waals surface area contributed by atoms with Gasteiger partial charge in [0.05, 0.1) is 5.76 Å². The number of aliphatic hydroxyl groups excluding tert-OH is 1. The standard InChI is InChI=1S/C32H34BN2.C13H24O2.Ir/c1-20(2)25-12-10-13-26(21(3)4)31(25)33-28-14-9-8-11-27(28)30-29(35(33)7)15-16-34-32(30)24-18-22(5)17-23(6)19-24;1-5-10(6-2)12(14)9-13(15)11(7-3)8-4;/h8-18,20-21H,1-7H3;9-11,14H,5-8H2,1-4H3;/q-1;;/b;12-9-;. The van der Waals surface area contributed by atoms with Crippen molar-refractivity contribution in [3.8, 4) is 22.4 Å². The van der Waals surface area contributed by atoms with Crippen LogP contribution in [0.15, 0.2) is 78.7 Å². The molecule has 1 N–H and O–H groups in total. The van der Waals surface area contributed by atoms with Crippen LogP contribution < -0.4 is 15.7 Å².